The van der Waals surface area contributed by atoms with Crippen molar-refractivity contribution in [3.05, 3.63) is 18.2 Å². The highest BCUT2D eigenvalue weighted by Gasteiger charge is 2.28. The summed E-state index contributed by atoms with van der Waals surface area (Å²) in [5.74, 6) is 1.06. The van der Waals surface area contributed by atoms with E-state index in [0.29, 0.717) is 12.6 Å². The number of imidazole rings is 1. The van der Waals surface area contributed by atoms with Crippen LogP contribution in [-0.2, 0) is 16.0 Å². The van der Waals surface area contributed by atoms with Gasteiger partial charge < -0.3 is 19.9 Å². The van der Waals surface area contributed by atoms with E-state index in [1.165, 1.54) is 0 Å². The van der Waals surface area contributed by atoms with Gasteiger partial charge in [0.25, 0.3) is 0 Å². The molecule has 112 valence electrons. The van der Waals surface area contributed by atoms with E-state index >= 15 is 0 Å². The van der Waals surface area contributed by atoms with E-state index in [0.717, 1.165) is 31.6 Å². The topological polar surface area (TPSA) is 73.4 Å². The highest BCUT2D eigenvalue weighted by Crippen LogP contribution is 2.23. The lowest BCUT2D eigenvalue weighted by Crippen LogP contribution is -2.50. The van der Waals surface area contributed by atoms with E-state index < -0.39 is 6.04 Å². The zero-order chi connectivity index (χ0) is 14.5. The smallest absolute Gasteiger partial charge is 0.241 e. The maximum Gasteiger partial charge on any atom is 0.241 e. The fourth-order valence-corrected chi connectivity index (χ4v) is 2.82. The van der Waals surface area contributed by atoms with E-state index in [9.17, 15) is 4.79 Å². The fourth-order valence-electron chi connectivity index (χ4n) is 2.82. The van der Waals surface area contributed by atoms with E-state index in [2.05, 4.69) is 16.5 Å². The normalized spacial score (nSPS) is 20.9. The van der Waals surface area contributed by atoms with Gasteiger partial charge in [-0.05, 0) is 12.8 Å². The molecule has 2 heterocycles. The number of aryl methyl sites for hydroxylation is 1. The molecule has 0 aliphatic carbocycles. The highest BCUT2D eigenvalue weighted by molar-refractivity contribution is 5.81. The Hall–Kier alpha value is -1.40. The van der Waals surface area contributed by atoms with Gasteiger partial charge in [-0.3, -0.25) is 4.79 Å². The number of hydrogen-bond acceptors (Lipinski definition) is 4. The number of hydrogen-bond donors (Lipinski definition) is 1. The van der Waals surface area contributed by atoms with Crippen molar-refractivity contribution in [3.63, 3.8) is 0 Å². The van der Waals surface area contributed by atoms with Crippen molar-refractivity contribution < 1.29 is 9.53 Å². The Balaban J connectivity index is 2.03. The maximum atomic E-state index is 12.3. The van der Waals surface area contributed by atoms with Crippen LogP contribution in [-0.4, -0.2) is 53.2 Å². The lowest BCUT2D eigenvalue weighted by molar-refractivity contribution is -0.135. The molecule has 2 unspecified atom stereocenters. The summed E-state index contributed by atoms with van der Waals surface area (Å²) in [7, 11) is 1.56. The molecule has 1 fully saturated rings. The third-order valence-electron chi connectivity index (χ3n) is 3.83. The number of piperidine rings is 1. The second-order valence-electron chi connectivity index (χ2n) is 5.25. The fraction of sp³-hybridized carbons (Fsp3) is 0.714. The first-order valence-corrected chi connectivity index (χ1v) is 7.22. The lowest BCUT2D eigenvalue weighted by atomic mass is 10.0. The number of nitrogens with zero attached hydrogens (tertiary/aromatic N) is 3. The molecule has 2 atom stereocenters. The number of methoxy groups -OCH3 is 1. The average molecular weight is 280 g/mol. The van der Waals surface area contributed by atoms with E-state index in [4.69, 9.17) is 10.5 Å². The minimum atomic E-state index is -0.563. The van der Waals surface area contributed by atoms with Crippen LogP contribution < -0.4 is 5.73 Å². The third-order valence-corrected chi connectivity index (χ3v) is 3.83. The van der Waals surface area contributed by atoms with Gasteiger partial charge in [0, 0.05) is 39.0 Å². The monoisotopic (exact) mass is 280 g/mol. The van der Waals surface area contributed by atoms with Crippen molar-refractivity contribution in [2.45, 2.75) is 38.3 Å². The van der Waals surface area contributed by atoms with Gasteiger partial charge in [-0.15, -0.1) is 0 Å². The molecule has 1 aromatic heterocycles. The van der Waals surface area contributed by atoms with Crippen LogP contribution in [0.25, 0.3) is 0 Å². The summed E-state index contributed by atoms with van der Waals surface area (Å²) in [6.07, 6.45) is 6.81. The number of carbonyl (C=O) groups excluding carboxylic acids is 1. The molecule has 0 aromatic carbocycles. The Morgan fingerprint density at radius 1 is 1.65 bits per heavy atom. The highest BCUT2D eigenvalue weighted by atomic mass is 16.5. The number of rotatable bonds is 5. The molecule has 1 aliphatic rings. The van der Waals surface area contributed by atoms with Crippen molar-refractivity contribution >= 4 is 5.91 Å². The van der Waals surface area contributed by atoms with E-state index in [1.807, 2.05) is 17.3 Å². The SMILES string of the molecule is CCc1nccn1C1CCCN(C(=O)C(N)COC)C1. The Morgan fingerprint density at radius 2 is 2.45 bits per heavy atom. The standard InChI is InChI=1S/C14H24N4O2/c1-3-13-16-6-8-18(13)11-5-4-7-17(9-11)14(19)12(15)10-20-2/h6,8,11-12H,3-5,7,9-10,15H2,1-2H3. The van der Waals surface area contributed by atoms with Gasteiger partial charge in [-0.1, -0.05) is 6.92 Å². The quantitative estimate of drug-likeness (QED) is 0.856. The second-order valence-corrected chi connectivity index (χ2v) is 5.25. The van der Waals surface area contributed by atoms with Gasteiger partial charge in [0.15, 0.2) is 0 Å². The molecule has 2 N–H and O–H groups in total. The Labute approximate surface area is 119 Å². The van der Waals surface area contributed by atoms with Gasteiger partial charge in [0.1, 0.15) is 11.9 Å². The molecule has 1 amide bonds. The van der Waals surface area contributed by atoms with Crippen LogP contribution in [0.1, 0.15) is 31.6 Å². The number of carbonyl (C=O) groups is 1. The summed E-state index contributed by atoms with van der Waals surface area (Å²) < 4.78 is 7.16. The number of likely N-dealkylation sites (tertiary alicyclic amines) is 1. The summed E-state index contributed by atoms with van der Waals surface area (Å²) in [4.78, 5) is 18.5. The summed E-state index contributed by atoms with van der Waals surface area (Å²) in [5.41, 5.74) is 5.84. The predicted molar refractivity (Wildman–Crippen MR) is 76.3 cm³/mol. The van der Waals surface area contributed by atoms with Gasteiger partial charge in [0.2, 0.25) is 5.91 Å². The molecule has 0 bridgehead atoms. The Morgan fingerprint density at radius 3 is 3.15 bits per heavy atom. The predicted octanol–water partition coefficient (Wildman–Crippen LogP) is 0.583. The van der Waals surface area contributed by atoms with Crippen molar-refractivity contribution in [1.29, 1.82) is 0 Å². The Bertz CT molecular complexity index is 446. The van der Waals surface area contributed by atoms with Gasteiger partial charge in [-0.25, -0.2) is 4.98 Å². The summed E-state index contributed by atoms with van der Waals surface area (Å²) in [5, 5.41) is 0. The zero-order valence-corrected chi connectivity index (χ0v) is 12.3. The summed E-state index contributed by atoms with van der Waals surface area (Å²) >= 11 is 0. The van der Waals surface area contributed by atoms with Gasteiger partial charge in [-0.2, -0.15) is 0 Å². The molecule has 0 spiro atoms. The van der Waals surface area contributed by atoms with E-state index in [1.54, 1.807) is 7.11 Å². The molecule has 1 aromatic rings. The molecule has 20 heavy (non-hydrogen) atoms. The van der Waals surface area contributed by atoms with Crippen molar-refractivity contribution in [3.8, 4) is 0 Å². The van der Waals surface area contributed by atoms with Gasteiger partial charge in [0.05, 0.1) is 12.6 Å². The molecular formula is C14H24N4O2. The molecule has 1 saturated heterocycles. The molecule has 6 heteroatoms. The zero-order valence-electron chi connectivity index (χ0n) is 12.3. The van der Waals surface area contributed by atoms with Crippen LogP contribution in [0.4, 0.5) is 0 Å². The molecule has 2 rings (SSSR count). The number of aromatic nitrogens is 2. The molecule has 1 aliphatic heterocycles. The van der Waals surface area contributed by atoms with Crippen LogP contribution >= 0.6 is 0 Å². The van der Waals surface area contributed by atoms with Crippen LogP contribution in [0.15, 0.2) is 12.4 Å². The Kier molecular flexibility index (Phi) is 5.14. The van der Waals surface area contributed by atoms with Crippen LogP contribution in [0.3, 0.4) is 0 Å². The summed E-state index contributed by atoms with van der Waals surface area (Å²) in [6.45, 7) is 3.85. The van der Waals surface area contributed by atoms with Crippen molar-refractivity contribution in [2.75, 3.05) is 26.8 Å². The number of nitrogens with two attached hydrogens (primary N) is 1. The first-order chi connectivity index (χ1) is 9.67. The van der Waals surface area contributed by atoms with Crippen LogP contribution in [0, 0.1) is 0 Å². The minimum absolute atomic E-state index is 0.0188. The number of ether oxygens (including phenoxy) is 1. The molecular weight excluding hydrogens is 256 g/mol. The third kappa shape index (κ3) is 3.19. The molecule has 0 saturated carbocycles. The average Bonchev–Trinajstić information content (AvgIpc) is 2.95. The lowest BCUT2D eigenvalue weighted by Gasteiger charge is -2.35. The maximum absolute atomic E-state index is 12.3. The largest absolute Gasteiger partial charge is 0.383 e. The first kappa shape index (κ1) is 15.0. The van der Waals surface area contributed by atoms with Crippen molar-refractivity contribution in [2.24, 2.45) is 5.73 Å². The summed E-state index contributed by atoms with van der Waals surface area (Å²) in [6, 6.07) is -0.257. The molecule has 6 nitrogen and oxygen atoms in total. The van der Waals surface area contributed by atoms with Crippen LogP contribution in [0.2, 0.25) is 0 Å². The van der Waals surface area contributed by atoms with E-state index in [-0.39, 0.29) is 12.5 Å². The minimum Gasteiger partial charge on any atom is -0.383 e. The van der Waals surface area contributed by atoms with Crippen molar-refractivity contribution in [1.82, 2.24) is 14.5 Å². The number of amides is 1. The first-order valence-electron chi connectivity index (χ1n) is 7.22. The van der Waals surface area contributed by atoms with Crippen LogP contribution in [0.5, 0.6) is 0 Å². The van der Waals surface area contributed by atoms with Gasteiger partial charge >= 0.3 is 0 Å². The molecule has 0 radical (unpaired) electrons. The second kappa shape index (κ2) is 6.85.